The van der Waals surface area contributed by atoms with Crippen molar-refractivity contribution < 1.29 is 8.78 Å². The van der Waals surface area contributed by atoms with E-state index >= 15 is 0 Å². The first-order chi connectivity index (χ1) is 8.09. The summed E-state index contributed by atoms with van der Waals surface area (Å²) in [6.07, 6.45) is 4.45. The van der Waals surface area contributed by atoms with Gasteiger partial charge in [-0.15, -0.1) is 0 Å². The van der Waals surface area contributed by atoms with Crippen molar-refractivity contribution in [1.29, 1.82) is 0 Å². The molecule has 0 aliphatic carbocycles. The summed E-state index contributed by atoms with van der Waals surface area (Å²) < 4.78 is 28.0. The summed E-state index contributed by atoms with van der Waals surface area (Å²) in [7, 11) is 0. The number of nitrogens with two attached hydrogens (primary N) is 1. The number of nitrogens with zero attached hydrogens (tertiary/aromatic N) is 3. The summed E-state index contributed by atoms with van der Waals surface area (Å²) in [4.78, 5) is 3.93. The molecular formula is C11H14F2N4. The Morgan fingerprint density at radius 2 is 2.18 bits per heavy atom. The smallest absolute Gasteiger partial charge is 0.319 e. The number of hydrogen-bond acceptors (Lipinski definition) is 2. The summed E-state index contributed by atoms with van der Waals surface area (Å²) in [6.45, 7) is -0.422. The lowest BCUT2D eigenvalue weighted by Crippen LogP contribution is -2.15. The Hall–Kier alpha value is -1.69. The van der Waals surface area contributed by atoms with Crippen molar-refractivity contribution in [3.8, 4) is 0 Å². The van der Waals surface area contributed by atoms with Gasteiger partial charge in [-0.3, -0.25) is 4.57 Å². The van der Waals surface area contributed by atoms with Gasteiger partial charge in [0, 0.05) is 30.3 Å². The molecule has 0 aliphatic heterocycles. The molecular weight excluding hydrogens is 226 g/mol. The number of rotatable bonds is 4. The quantitative estimate of drug-likeness (QED) is 0.890. The lowest BCUT2D eigenvalue weighted by Gasteiger charge is -2.12. The number of halogens is 2. The molecule has 2 rings (SSSR count). The van der Waals surface area contributed by atoms with Crippen molar-refractivity contribution >= 4 is 0 Å². The van der Waals surface area contributed by atoms with Gasteiger partial charge in [0.2, 0.25) is 0 Å². The lowest BCUT2D eigenvalue weighted by molar-refractivity contribution is 0.0667. The summed E-state index contributed by atoms with van der Waals surface area (Å²) in [6, 6.07) is 3.58. The molecule has 1 unspecified atom stereocenters. The highest BCUT2D eigenvalue weighted by molar-refractivity contribution is 5.12. The van der Waals surface area contributed by atoms with Gasteiger partial charge in [-0.2, -0.15) is 8.78 Å². The van der Waals surface area contributed by atoms with Crippen LogP contribution in [0.4, 0.5) is 8.78 Å². The van der Waals surface area contributed by atoms with Gasteiger partial charge in [-0.05, 0) is 19.1 Å². The van der Waals surface area contributed by atoms with Gasteiger partial charge in [0.15, 0.2) is 0 Å². The molecule has 2 N–H and O–H groups in total. The molecule has 0 amide bonds. The fourth-order valence-electron chi connectivity index (χ4n) is 1.78. The Labute approximate surface area is 97.7 Å². The van der Waals surface area contributed by atoms with Crippen LogP contribution in [0, 0.1) is 0 Å². The van der Waals surface area contributed by atoms with E-state index in [0.717, 1.165) is 10.3 Å². The maximum absolute atomic E-state index is 12.6. The lowest BCUT2D eigenvalue weighted by atomic mass is 10.2. The van der Waals surface area contributed by atoms with E-state index in [0.29, 0.717) is 12.4 Å². The first-order valence-electron chi connectivity index (χ1n) is 5.30. The van der Waals surface area contributed by atoms with Crippen LogP contribution >= 0.6 is 0 Å². The zero-order valence-corrected chi connectivity index (χ0v) is 9.42. The molecule has 92 valence electrons. The minimum Gasteiger partial charge on any atom is -0.342 e. The first-order valence-corrected chi connectivity index (χ1v) is 5.30. The Bertz CT molecular complexity index is 443. The average molecular weight is 240 g/mol. The second-order valence-electron chi connectivity index (χ2n) is 3.88. The van der Waals surface area contributed by atoms with Crippen LogP contribution < -0.4 is 5.73 Å². The fraction of sp³-hybridized carbons (Fsp3) is 0.364. The van der Waals surface area contributed by atoms with Crippen LogP contribution in [-0.4, -0.2) is 14.1 Å². The molecule has 17 heavy (non-hydrogen) atoms. The van der Waals surface area contributed by atoms with Crippen molar-refractivity contribution in [2.75, 3.05) is 0 Å². The van der Waals surface area contributed by atoms with Gasteiger partial charge < -0.3 is 10.3 Å². The van der Waals surface area contributed by atoms with Gasteiger partial charge in [0.05, 0.1) is 6.54 Å². The van der Waals surface area contributed by atoms with E-state index in [1.807, 2.05) is 29.8 Å². The molecule has 1 atom stereocenters. The van der Waals surface area contributed by atoms with Crippen molar-refractivity contribution in [2.24, 2.45) is 5.73 Å². The Morgan fingerprint density at radius 3 is 2.82 bits per heavy atom. The highest BCUT2D eigenvalue weighted by Crippen LogP contribution is 2.16. The predicted octanol–water partition coefficient (Wildman–Crippen LogP) is 2.15. The molecule has 2 aromatic rings. The fourth-order valence-corrected chi connectivity index (χ4v) is 1.78. The van der Waals surface area contributed by atoms with Crippen LogP contribution in [0.1, 0.15) is 31.0 Å². The van der Waals surface area contributed by atoms with Gasteiger partial charge in [-0.1, -0.05) is 0 Å². The van der Waals surface area contributed by atoms with Crippen molar-refractivity contribution in [1.82, 2.24) is 14.1 Å². The van der Waals surface area contributed by atoms with Crippen LogP contribution in [-0.2, 0) is 6.54 Å². The van der Waals surface area contributed by atoms with Gasteiger partial charge in [0.25, 0.3) is 0 Å². The normalized spacial score (nSPS) is 13.2. The average Bonchev–Trinajstić information content (AvgIpc) is 2.86. The molecule has 0 aromatic carbocycles. The third kappa shape index (κ3) is 2.36. The van der Waals surface area contributed by atoms with Crippen molar-refractivity contribution in [3.05, 3.63) is 42.2 Å². The van der Waals surface area contributed by atoms with E-state index in [4.69, 9.17) is 5.73 Å². The molecule has 4 nitrogen and oxygen atoms in total. The van der Waals surface area contributed by atoms with Crippen molar-refractivity contribution in [3.63, 3.8) is 0 Å². The van der Waals surface area contributed by atoms with E-state index < -0.39 is 6.55 Å². The predicted molar refractivity (Wildman–Crippen MR) is 59.6 cm³/mol. The third-order valence-electron chi connectivity index (χ3n) is 2.60. The van der Waals surface area contributed by atoms with E-state index in [2.05, 4.69) is 4.98 Å². The second-order valence-corrected chi connectivity index (χ2v) is 3.88. The topological polar surface area (TPSA) is 48.8 Å². The molecule has 6 heteroatoms. The van der Waals surface area contributed by atoms with Crippen molar-refractivity contribution in [2.45, 2.75) is 26.1 Å². The maximum atomic E-state index is 12.6. The summed E-state index contributed by atoms with van der Waals surface area (Å²) in [5.41, 5.74) is 6.69. The van der Waals surface area contributed by atoms with Gasteiger partial charge in [-0.25, -0.2) is 4.98 Å². The second kappa shape index (κ2) is 4.67. The molecule has 0 bridgehead atoms. The number of hydrogen-bond donors (Lipinski definition) is 1. The maximum Gasteiger partial charge on any atom is 0.319 e. The highest BCUT2D eigenvalue weighted by atomic mass is 19.3. The third-order valence-corrected chi connectivity index (χ3v) is 2.60. The molecule has 2 aromatic heterocycles. The number of imidazole rings is 1. The van der Waals surface area contributed by atoms with E-state index in [9.17, 15) is 8.78 Å². The van der Waals surface area contributed by atoms with E-state index in [1.54, 1.807) is 0 Å². The monoisotopic (exact) mass is 240 g/mol. The minimum atomic E-state index is -2.57. The largest absolute Gasteiger partial charge is 0.342 e. The van der Waals surface area contributed by atoms with Crippen LogP contribution in [0.5, 0.6) is 0 Å². The van der Waals surface area contributed by atoms with E-state index in [-0.39, 0.29) is 6.04 Å². The summed E-state index contributed by atoms with van der Waals surface area (Å²) in [5.74, 6) is 0.318. The zero-order valence-electron chi connectivity index (χ0n) is 9.42. The Balaban J connectivity index is 2.25. The molecule has 0 aliphatic rings. The molecule has 0 spiro atoms. The van der Waals surface area contributed by atoms with Crippen LogP contribution in [0.2, 0.25) is 0 Å². The molecule has 2 heterocycles. The van der Waals surface area contributed by atoms with Crippen LogP contribution in [0.15, 0.2) is 30.7 Å². The summed E-state index contributed by atoms with van der Waals surface area (Å²) in [5, 5.41) is 0. The summed E-state index contributed by atoms with van der Waals surface area (Å²) >= 11 is 0. The van der Waals surface area contributed by atoms with Gasteiger partial charge >= 0.3 is 6.55 Å². The number of aromatic nitrogens is 3. The molecule has 0 saturated heterocycles. The molecule has 0 radical (unpaired) electrons. The molecule has 0 fully saturated rings. The number of alkyl halides is 2. The Morgan fingerprint density at radius 1 is 1.41 bits per heavy atom. The van der Waals surface area contributed by atoms with Crippen LogP contribution in [0.25, 0.3) is 0 Å². The minimum absolute atomic E-state index is 0.139. The first kappa shape index (κ1) is 11.8. The zero-order chi connectivity index (χ0) is 12.4. The molecule has 0 saturated carbocycles. The Kier molecular flexibility index (Phi) is 3.23. The SMILES string of the molecule is CC(N)c1cccn1Cc1nccn1C(F)F. The van der Waals surface area contributed by atoms with Gasteiger partial charge in [0.1, 0.15) is 5.82 Å². The van der Waals surface area contributed by atoms with Crippen LogP contribution in [0.3, 0.4) is 0 Å². The highest BCUT2D eigenvalue weighted by Gasteiger charge is 2.13. The standard InChI is InChI=1S/C11H14F2N4/c1-8(14)9-3-2-5-16(9)7-10-15-4-6-17(10)11(12)13/h2-6,8,11H,7,14H2,1H3. The van der Waals surface area contributed by atoms with E-state index in [1.165, 1.54) is 12.4 Å².